The van der Waals surface area contributed by atoms with Gasteiger partial charge in [-0.25, -0.2) is 4.79 Å². The van der Waals surface area contributed by atoms with E-state index in [9.17, 15) is 19.5 Å². The highest BCUT2D eigenvalue weighted by atomic mass is 32.1. The molecule has 7 heteroatoms. The molecule has 1 N–H and O–H groups in total. The first-order valence-corrected chi connectivity index (χ1v) is 27.7. The summed E-state index contributed by atoms with van der Waals surface area (Å²) in [5, 5.41) is 9.59. The number of carbonyl (C=O) groups excluding carboxylic acids is 2. The Kier molecular flexibility index (Phi) is 16.3. The number of ketones is 2. The van der Waals surface area contributed by atoms with Gasteiger partial charge in [-0.1, -0.05) is 156 Å². The Bertz CT molecular complexity index is 3270. The maximum Gasteiger partial charge on any atom is 0.335 e. The number of carboxylic acids is 1. The number of Topliss-reactive ketones (excluding diaryl/α,β-unsaturated/α-hetero) is 2. The molecule has 6 aromatic carbocycles. The van der Waals surface area contributed by atoms with Crippen LogP contribution >= 0.6 is 22.7 Å². The predicted octanol–water partition coefficient (Wildman–Crippen LogP) is 18.0. The van der Waals surface area contributed by atoms with E-state index in [1.54, 1.807) is 28.7 Å². The zero-order chi connectivity index (χ0) is 51.0. The first-order valence-electron chi connectivity index (χ1n) is 26.0. The predicted molar refractivity (Wildman–Crippen MR) is 303 cm³/mol. The van der Waals surface area contributed by atoms with Gasteiger partial charge in [-0.15, -0.1) is 22.7 Å². The molecule has 2 aromatic heterocycles. The topological polar surface area (TPSA) is 80.7 Å². The third kappa shape index (κ3) is 11.5. The number of carbonyl (C=O) groups is 3. The van der Waals surface area contributed by atoms with Gasteiger partial charge in [0.1, 0.15) is 11.5 Å². The number of fused-ring (bicyclic) bond motifs is 1. The van der Waals surface area contributed by atoms with Gasteiger partial charge in [0.05, 0.1) is 11.1 Å². The van der Waals surface area contributed by atoms with E-state index >= 15 is 0 Å². The molecular weight excluding hydrogens is 937 g/mol. The van der Waals surface area contributed by atoms with Crippen molar-refractivity contribution in [3.05, 3.63) is 229 Å². The van der Waals surface area contributed by atoms with E-state index in [0.717, 1.165) is 101 Å². The number of carboxylic acid groups (broad SMARTS) is 1. The summed E-state index contributed by atoms with van der Waals surface area (Å²) in [6.07, 6.45) is 10.3. The van der Waals surface area contributed by atoms with Gasteiger partial charge < -0.3 is 9.84 Å². The Morgan fingerprint density at radius 3 is 1.92 bits per heavy atom. The van der Waals surface area contributed by atoms with Crippen molar-refractivity contribution in [2.24, 2.45) is 0 Å². The lowest BCUT2D eigenvalue weighted by atomic mass is 9.79. The second-order valence-corrected chi connectivity index (χ2v) is 21.8. The number of hydrogen-bond donors (Lipinski definition) is 1. The smallest absolute Gasteiger partial charge is 0.335 e. The number of aromatic carboxylic acids is 1. The lowest BCUT2D eigenvalue weighted by molar-refractivity contribution is 0.0696. The van der Waals surface area contributed by atoms with Crippen LogP contribution in [0, 0.1) is 6.92 Å². The third-order valence-electron chi connectivity index (χ3n) is 14.7. The maximum absolute atomic E-state index is 13.7. The van der Waals surface area contributed by atoms with Gasteiger partial charge in [0.15, 0.2) is 11.6 Å². The highest BCUT2D eigenvalue weighted by molar-refractivity contribution is 7.24. The lowest BCUT2D eigenvalue weighted by Crippen LogP contribution is -2.12. The molecule has 0 saturated heterocycles. The molecule has 0 amide bonds. The van der Waals surface area contributed by atoms with Crippen molar-refractivity contribution >= 4 is 46.3 Å². The molecule has 1 aliphatic rings. The number of ether oxygens (including phenoxy) is 1. The van der Waals surface area contributed by atoms with Crippen LogP contribution in [0.25, 0.3) is 26.3 Å². The van der Waals surface area contributed by atoms with E-state index in [0.29, 0.717) is 11.8 Å². The third-order valence-corrected chi connectivity index (χ3v) is 17.2. The number of hydrogen-bond acceptors (Lipinski definition) is 6. The maximum atomic E-state index is 13.7. The van der Waals surface area contributed by atoms with E-state index in [2.05, 4.69) is 174 Å². The van der Waals surface area contributed by atoms with E-state index in [-0.39, 0.29) is 34.0 Å². The standard InChI is InChI=1S/C66H64O5S2/c1-6-9-20-50-39-61(72-60(50)41-57-63(67)54-33-32-53(66(69)70)37-56(54)64(57)68)62-40-51(21-10-7-2)65(73-62)52-30-28-42(4)58(38-52)71-59-35-44(29-31-49(59)36-45(8-3)47-24-16-12-17-25-47)34-55(48-26-18-13-19-27-48)43(5)46-22-14-11-15-23-46/h11-19,22-33,35,37-41,43,45,55H,6-10,20-21,34,36H2,1-5H3,(H,69,70)/b57-41+. The molecule has 0 spiro atoms. The fraction of sp³-hybridized carbons (Fsp3) is 0.258. The molecule has 370 valence electrons. The number of unbranched alkanes of at least 4 members (excludes halogenated alkanes) is 2. The monoisotopic (exact) mass is 1000 g/mol. The van der Waals surface area contributed by atoms with Crippen molar-refractivity contribution < 1.29 is 24.2 Å². The zero-order valence-corrected chi connectivity index (χ0v) is 44.2. The van der Waals surface area contributed by atoms with Crippen molar-refractivity contribution in [1.29, 1.82) is 0 Å². The first-order chi connectivity index (χ1) is 35.5. The van der Waals surface area contributed by atoms with Crippen molar-refractivity contribution in [1.82, 2.24) is 0 Å². The minimum Gasteiger partial charge on any atom is -0.478 e. The van der Waals surface area contributed by atoms with Gasteiger partial charge in [-0.05, 0) is 168 Å². The Balaban J connectivity index is 1.08. The largest absolute Gasteiger partial charge is 0.478 e. The van der Waals surface area contributed by atoms with E-state index < -0.39 is 11.8 Å². The fourth-order valence-electron chi connectivity index (χ4n) is 10.3. The summed E-state index contributed by atoms with van der Waals surface area (Å²) in [5.41, 5.74) is 11.5. The van der Waals surface area contributed by atoms with Gasteiger partial charge in [-0.3, -0.25) is 9.59 Å². The molecular formula is C66H64O5S2. The van der Waals surface area contributed by atoms with E-state index in [4.69, 9.17) is 4.74 Å². The average Bonchev–Trinajstić information content (AvgIpc) is 4.10. The molecule has 0 aliphatic heterocycles. The zero-order valence-electron chi connectivity index (χ0n) is 42.6. The Labute approximate surface area is 439 Å². The fourth-order valence-corrected chi connectivity index (χ4v) is 12.7. The summed E-state index contributed by atoms with van der Waals surface area (Å²) in [7, 11) is 0. The van der Waals surface area contributed by atoms with Gasteiger partial charge in [0, 0.05) is 30.6 Å². The van der Waals surface area contributed by atoms with Gasteiger partial charge in [-0.2, -0.15) is 0 Å². The summed E-state index contributed by atoms with van der Waals surface area (Å²) < 4.78 is 7.26. The molecule has 9 rings (SSSR count). The van der Waals surface area contributed by atoms with E-state index in [1.165, 1.54) is 56.5 Å². The van der Waals surface area contributed by atoms with Gasteiger partial charge >= 0.3 is 5.97 Å². The van der Waals surface area contributed by atoms with Crippen LogP contribution in [0.15, 0.2) is 163 Å². The molecule has 73 heavy (non-hydrogen) atoms. The normalized spacial score (nSPS) is 14.1. The van der Waals surface area contributed by atoms with E-state index in [1.807, 2.05) is 0 Å². The highest BCUT2D eigenvalue weighted by Crippen LogP contribution is 2.46. The molecule has 0 fully saturated rings. The summed E-state index contributed by atoms with van der Waals surface area (Å²) in [4.78, 5) is 43.4. The van der Waals surface area contributed by atoms with Crippen LogP contribution < -0.4 is 4.74 Å². The van der Waals surface area contributed by atoms with Crippen molar-refractivity contribution in [2.75, 3.05) is 0 Å². The molecule has 1 aliphatic carbocycles. The number of benzene rings is 6. The van der Waals surface area contributed by atoms with Crippen molar-refractivity contribution in [2.45, 2.75) is 110 Å². The lowest BCUT2D eigenvalue weighted by Gasteiger charge is -2.26. The summed E-state index contributed by atoms with van der Waals surface area (Å²) >= 11 is 3.40. The molecule has 0 saturated carbocycles. The van der Waals surface area contributed by atoms with Crippen LogP contribution in [-0.2, 0) is 25.7 Å². The minimum absolute atomic E-state index is 0.0113. The Morgan fingerprint density at radius 2 is 1.25 bits per heavy atom. The van der Waals surface area contributed by atoms with Gasteiger partial charge in [0.2, 0.25) is 0 Å². The molecule has 3 atom stereocenters. The molecule has 0 bridgehead atoms. The Hall–Kier alpha value is -6.93. The second kappa shape index (κ2) is 23.3. The average molecular weight is 1000 g/mol. The summed E-state index contributed by atoms with van der Waals surface area (Å²) in [6, 6.07) is 55.0. The SMILES string of the molecule is CCCCc1cc(-c2cc(CCCC)c(-c3ccc(C)c(Oc4cc(CC(c5ccccc5)C(C)c5ccccc5)ccc4CC(CC)c4ccccc4)c3)s2)sc1/C=C1\C(=O)c2ccc(C(=O)O)cc2C1=O. The summed E-state index contributed by atoms with van der Waals surface area (Å²) in [6.45, 7) is 11.2. The van der Waals surface area contributed by atoms with Crippen LogP contribution in [-0.4, -0.2) is 22.6 Å². The quantitative estimate of drug-likeness (QED) is 0.0573. The van der Waals surface area contributed by atoms with Crippen LogP contribution in [0.2, 0.25) is 0 Å². The number of thiophene rings is 2. The van der Waals surface area contributed by atoms with Crippen LogP contribution in [0.3, 0.4) is 0 Å². The highest BCUT2D eigenvalue weighted by Gasteiger charge is 2.34. The number of aryl methyl sites for hydroxylation is 3. The summed E-state index contributed by atoms with van der Waals surface area (Å²) in [5.74, 6) is 0.701. The number of allylic oxidation sites excluding steroid dienone is 1. The van der Waals surface area contributed by atoms with Crippen LogP contribution in [0.1, 0.15) is 158 Å². The number of rotatable bonds is 21. The van der Waals surface area contributed by atoms with Crippen molar-refractivity contribution in [3.63, 3.8) is 0 Å². The Morgan fingerprint density at radius 1 is 0.616 bits per heavy atom. The molecule has 2 heterocycles. The minimum atomic E-state index is -1.13. The van der Waals surface area contributed by atoms with Gasteiger partial charge in [0.25, 0.3) is 0 Å². The molecule has 0 radical (unpaired) electrons. The van der Waals surface area contributed by atoms with Crippen LogP contribution in [0.5, 0.6) is 11.5 Å². The molecule has 5 nitrogen and oxygen atoms in total. The first kappa shape index (κ1) is 51.0. The molecule has 8 aromatic rings. The van der Waals surface area contributed by atoms with Crippen molar-refractivity contribution in [3.8, 4) is 31.7 Å². The second-order valence-electron chi connectivity index (χ2n) is 19.6. The molecule has 3 unspecified atom stereocenters. The van der Waals surface area contributed by atoms with Crippen LogP contribution in [0.4, 0.5) is 0 Å².